The molecule has 1 fully saturated rings. The van der Waals surface area contributed by atoms with E-state index in [1.807, 2.05) is 0 Å². The molecule has 1 unspecified atom stereocenters. The zero-order chi connectivity index (χ0) is 12.5. The second-order valence-corrected chi connectivity index (χ2v) is 5.16. The fourth-order valence-electron chi connectivity index (χ4n) is 2.28. The number of Topliss-reactive ketones (excluding diaryl/α,β-unsaturated/α-hetero) is 1. The molecule has 1 aliphatic rings. The lowest BCUT2D eigenvalue weighted by molar-refractivity contribution is -0.123. The van der Waals surface area contributed by atoms with Crippen LogP contribution in [-0.2, 0) is 11.2 Å². The van der Waals surface area contributed by atoms with Crippen molar-refractivity contribution in [1.82, 2.24) is 0 Å². The smallest absolute Gasteiger partial charge is 0.153 e. The average Bonchev–Trinajstić information content (AvgIpc) is 2.66. The van der Waals surface area contributed by atoms with Gasteiger partial charge in [0, 0.05) is 22.9 Å². The van der Waals surface area contributed by atoms with Crippen LogP contribution < -0.4 is 0 Å². The third kappa shape index (κ3) is 2.18. The van der Waals surface area contributed by atoms with Gasteiger partial charge in [-0.25, -0.2) is 0 Å². The van der Waals surface area contributed by atoms with Crippen LogP contribution in [0.4, 0.5) is 0 Å². The number of halogens is 2. The molecule has 0 aromatic heterocycles. The molecule has 0 spiro atoms. The zero-order valence-electron chi connectivity index (χ0n) is 9.17. The highest BCUT2D eigenvalue weighted by atomic mass is 35.5. The van der Waals surface area contributed by atoms with Gasteiger partial charge < -0.3 is 0 Å². The number of hydrogen-bond donors (Lipinski definition) is 0. The molecular weight excluding hydrogens is 257 g/mol. The molecule has 17 heavy (non-hydrogen) atoms. The van der Waals surface area contributed by atoms with Crippen LogP contribution in [0, 0.1) is 16.7 Å². The van der Waals surface area contributed by atoms with Gasteiger partial charge in [-0.05, 0) is 30.5 Å². The van der Waals surface area contributed by atoms with Crippen molar-refractivity contribution in [3.05, 3.63) is 33.8 Å². The average molecular weight is 268 g/mol. The first-order valence-electron chi connectivity index (χ1n) is 5.46. The van der Waals surface area contributed by atoms with Gasteiger partial charge in [-0.1, -0.05) is 29.3 Å². The summed E-state index contributed by atoms with van der Waals surface area (Å²) in [5.41, 5.74) is -0.220. The van der Waals surface area contributed by atoms with E-state index >= 15 is 0 Å². The Hall–Kier alpha value is -1.04. The Morgan fingerprint density at radius 1 is 1.35 bits per heavy atom. The third-order valence-electron chi connectivity index (χ3n) is 3.30. The van der Waals surface area contributed by atoms with Crippen molar-refractivity contribution in [3.8, 4) is 6.07 Å². The van der Waals surface area contributed by atoms with E-state index in [9.17, 15) is 10.1 Å². The molecule has 1 aromatic carbocycles. The van der Waals surface area contributed by atoms with Crippen molar-refractivity contribution in [2.24, 2.45) is 5.41 Å². The van der Waals surface area contributed by atoms with Crippen LogP contribution in [0.15, 0.2) is 18.2 Å². The first-order chi connectivity index (χ1) is 8.09. The zero-order valence-corrected chi connectivity index (χ0v) is 10.7. The Balaban J connectivity index is 2.38. The number of carbonyl (C=O) groups is 1. The number of nitriles is 1. The van der Waals surface area contributed by atoms with Gasteiger partial charge in [0.2, 0.25) is 0 Å². The molecule has 1 saturated carbocycles. The van der Waals surface area contributed by atoms with Gasteiger partial charge in [-0.3, -0.25) is 4.79 Å². The molecule has 88 valence electrons. The SMILES string of the molecule is N#CC1(Cc2c(Cl)cccc2Cl)CCCC1=O. The van der Waals surface area contributed by atoms with Crippen LogP contribution in [0.5, 0.6) is 0 Å². The number of benzene rings is 1. The Kier molecular flexibility index (Phi) is 3.42. The summed E-state index contributed by atoms with van der Waals surface area (Å²) in [4.78, 5) is 11.8. The minimum absolute atomic E-state index is 0.0102. The fraction of sp³-hybridized carbons (Fsp3) is 0.385. The van der Waals surface area contributed by atoms with Crippen LogP contribution >= 0.6 is 23.2 Å². The molecule has 0 saturated heterocycles. The van der Waals surface area contributed by atoms with Gasteiger partial charge in [-0.15, -0.1) is 0 Å². The fourth-order valence-corrected chi connectivity index (χ4v) is 2.81. The molecule has 1 aromatic rings. The second-order valence-electron chi connectivity index (χ2n) is 4.35. The maximum atomic E-state index is 11.8. The molecular formula is C13H11Cl2NO. The van der Waals surface area contributed by atoms with E-state index in [2.05, 4.69) is 6.07 Å². The molecule has 2 nitrogen and oxygen atoms in total. The maximum Gasteiger partial charge on any atom is 0.153 e. The van der Waals surface area contributed by atoms with Crippen molar-refractivity contribution >= 4 is 29.0 Å². The minimum Gasteiger partial charge on any atom is -0.298 e. The first kappa shape index (κ1) is 12.4. The summed E-state index contributed by atoms with van der Waals surface area (Å²) in [7, 11) is 0. The highest BCUT2D eigenvalue weighted by Crippen LogP contribution is 2.40. The van der Waals surface area contributed by atoms with Crippen LogP contribution in [0.1, 0.15) is 24.8 Å². The van der Waals surface area contributed by atoms with Gasteiger partial charge in [0.25, 0.3) is 0 Å². The lowest BCUT2D eigenvalue weighted by atomic mass is 9.80. The molecule has 1 aliphatic carbocycles. The van der Waals surface area contributed by atoms with E-state index < -0.39 is 5.41 Å². The molecule has 0 N–H and O–H groups in total. The summed E-state index contributed by atoms with van der Waals surface area (Å²) in [6.07, 6.45) is 2.18. The summed E-state index contributed by atoms with van der Waals surface area (Å²) in [5, 5.41) is 10.3. The third-order valence-corrected chi connectivity index (χ3v) is 4.00. The van der Waals surface area contributed by atoms with Gasteiger partial charge in [0.1, 0.15) is 5.41 Å². The number of hydrogen-bond acceptors (Lipinski definition) is 2. The molecule has 2 rings (SSSR count). The quantitative estimate of drug-likeness (QED) is 0.818. The predicted octanol–water partition coefficient (Wildman–Crippen LogP) is 3.80. The van der Waals surface area contributed by atoms with Crippen molar-refractivity contribution in [1.29, 1.82) is 5.26 Å². The largest absolute Gasteiger partial charge is 0.298 e. The van der Waals surface area contributed by atoms with Gasteiger partial charge in [0.15, 0.2) is 5.78 Å². The molecule has 0 bridgehead atoms. The van der Waals surface area contributed by atoms with Crippen LogP contribution in [0.25, 0.3) is 0 Å². The van der Waals surface area contributed by atoms with E-state index in [1.165, 1.54) is 0 Å². The van der Waals surface area contributed by atoms with E-state index in [4.69, 9.17) is 23.2 Å². The van der Waals surface area contributed by atoms with E-state index in [1.54, 1.807) is 18.2 Å². The maximum absolute atomic E-state index is 11.8. The molecule has 0 amide bonds. The lowest BCUT2D eigenvalue weighted by Crippen LogP contribution is -2.26. The summed E-state index contributed by atoms with van der Waals surface area (Å²) in [5.74, 6) is 0.0102. The Labute approximate surface area is 110 Å². The van der Waals surface area contributed by atoms with Crippen molar-refractivity contribution in [2.75, 3.05) is 0 Å². The molecule has 0 radical (unpaired) electrons. The number of nitrogens with zero attached hydrogens (tertiary/aromatic N) is 1. The molecule has 1 atom stereocenters. The molecule has 4 heteroatoms. The number of rotatable bonds is 2. The Bertz CT molecular complexity index is 486. The van der Waals surface area contributed by atoms with Gasteiger partial charge in [0.05, 0.1) is 6.07 Å². The highest BCUT2D eigenvalue weighted by Gasteiger charge is 2.43. The van der Waals surface area contributed by atoms with Crippen LogP contribution in [-0.4, -0.2) is 5.78 Å². The monoisotopic (exact) mass is 267 g/mol. The first-order valence-corrected chi connectivity index (χ1v) is 6.22. The summed E-state index contributed by atoms with van der Waals surface area (Å²) >= 11 is 12.1. The normalized spacial score (nSPS) is 23.7. The van der Waals surface area contributed by atoms with Crippen molar-refractivity contribution in [2.45, 2.75) is 25.7 Å². The van der Waals surface area contributed by atoms with E-state index in [0.717, 1.165) is 6.42 Å². The summed E-state index contributed by atoms with van der Waals surface area (Å²) < 4.78 is 0. The molecule has 0 heterocycles. The van der Waals surface area contributed by atoms with E-state index in [0.29, 0.717) is 34.9 Å². The Morgan fingerprint density at radius 3 is 2.47 bits per heavy atom. The van der Waals surface area contributed by atoms with Gasteiger partial charge in [-0.2, -0.15) is 5.26 Å². The minimum atomic E-state index is -0.922. The summed E-state index contributed by atoms with van der Waals surface area (Å²) in [6, 6.07) is 7.38. The number of carbonyl (C=O) groups excluding carboxylic acids is 1. The predicted molar refractivity (Wildman–Crippen MR) is 67.1 cm³/mol. The van der Waals surface area contributed by atoms with Crippen molar-refractivity contribution in [3.63, 3.8) is 0 Å². The topological polar surface area (TPSA) is 40.9 Å². The second kappa shape index (κ2) is 4.68. The van der Waals surface area contributed by atoms with Gasteiger partial charge >= 0.3 is 0 Å². The van der Waals surface area contributed by atoms with Crippen molar-refractivity contribution < 1.29 is 4.79 Å². The summed E-state index contributed by atoms with van der Waals surface area (Å²) in [6.45, 7) is 0. The van der Waals surface area contributed by atoms with E-state index in [-0.39, 0.29) is 5.78 Å². The Morgan fingerprint density at radius 2 is 2.00 bits per heavy atom. The van der Waals surface area contributed by atoms with Crippen LogP contribution in [0.2, 0.25) is 10.0 Å². The number of ketones is 1. The van der Waals surface area contributed by atoms with Crippen LogP contribution in [0.3, 0.4) is 0 Å². The molecule has 0 aliphatic heterocycles. The standard InChI is InChI=1S/C13H11Cl2NO/c14-10-3-1-4-11(15)9(10)7-13(8-16)6-2-5-12(13)17/h1,3-4H,2,5-7H2. The highest BCUT2D eigenvalue weighted by molar-refractivity contribution is 6.36. The lowest BCUT2D eigenvalue weighted by Gasteiger charge is -2.20.